The summed E-state index contributed by atoms with van der Waals surface area (Å²) in [5, 5.41) is 0. The lowest BCUT2D eigenvalue weighted by Crippen LogP contribution is -2.03. The van der Waals surface area contributed by atoms with Gasteiger partial charge in [0.1, 0.15) is 0 Å². The summed E-state index contributed by atoms with van der Waals surface area (Å²) in [5.41, 5.74) is 0. The van der Waals surface area contributed by atoms with E-state index in [4.69, 9.17) is 0 Å². The predicted molar refractivity (Wildman–Crippen MR) is 57.0 cm³/mol. The van der Waals surface area contributed by atoms with Crippen LogP contribution in [0.4, 0.5) is 0 Å². The second kappa shape index (κ2) is 6.51. The molecule has 0 amide bonds. The topological polar surface area (TPSA) is 0 Å². The molecule has 0 aliphatic carbocycles. The summed E-state index contributed by atoms with van der Waals surface area (Å²) in [5.74, 6) is 2.38. The summed E-state index contributed by atoms with van der Waals surface area (Å²) in [6, 6.07) is 0. The highest BCUT2D eigenvalue weighted by molar-refractivity contribution is 4.59. The molecule has 0 rings (SSSR count). The van der Waals surface area contributed by atoms with Gasteiger partial charge in [-0.05, 0) is 17.8 Å². The summed E-state index contributed by atoms with van der Waals surface area (Å²) in [6.45, 7) is 13.2. The Bertz CT molecular complexity index is 92.2. The summed E-state index contributed by atoms with van der Waals surface area (Å²) >= 11 is 0. The molecule has 0 aliphatic rings. The lowest BCUT2D eigenvalue weighted by atomic mass is 9.91. The monoisotopic (exact) mass is 169 g/mol. The fourth-order valence-corrected chi connectivity index (χ4v) is 1.29. The SMILES string of the molecule is [CH2]C(C)CCCCC(C)C(C)C. The molecule has 0 aromatic rings. The van der Waals surface area contributed by atoms with Gasteiger partial charge in [0, 0.05) is 0 Å². The Hall–Kier alpha value is 0. The van der Waals surface area contributed by atoms with E-state index in [1.165, 1.54) is 25.7 Å². The van der Waals surface area contributed by atoms with Crippen LogP contribution in [0.1, 0.15) is 53.4 Å². The van der Waals surface area contributed by atoms with Crippen LogP contribution >= 0.6 is 0 Å². The molecule has 2 atom stereocenters. The zero-order valence-electron chi connectivity index (χ0n) is 9.27. The van der Waals surface area contributed by atoms with Gasteiger partial charge in [0.05, 0.1) is 0 Å². The molecule has 0 N–H and O–H groups in total. The zero-order chi connectivity index (χ0) is 9.56. The van der Waals surface area contributed by atoms with Gasteiger partial charge >= 0.3 is 0 Å². The Labute approximate surface area is 78.8 Å². The highest BCUT2D eigenvalue weighted by Crippen LogP contribution is 2.18. The van der Waals surface area contributed by atoms with Crippen LogP contribution in [0.15, 0.2) is 0 Å². The van der Waals surface area contributed by atoms with Gasteiger partial charge in [0.15, 0.2) is 0 Å². The minimum atomic E-state index is 0.638. The summed E-state index contributed by atoms with van der Waals surface area (Å²) in [4.78, 5) is 0. The van der Waals surface area contributed by atoms with Crippen molar-refractivity contribution in [1.29, 1.82) is 0 Å². The van der Waals surface area contributed by atoms with Gasteiger partial charge in [0.2, 0.25) is 0 Å². The van der Waals surface area contributed by atoms with Crippen molar-refractivity contribution in [2.75, 3.05) is 0 Å². The van der Waals surface area contributed by atoms with E-state index in [9.17, 15) is 0 Å². The molecule has 0 spiro atoms. The highest BCUT2D eigenvalue weighted by atomic mass is 14.1. The molecule has 0 saturated heterocycles. The van der Waals surface area contributed by atoms with E-state index < -0.39 is 0 Å². The predicted octanol–water partition coefficient (Wildman–Crippen LogP) is 4.31. The van der Waals surface area contributed by atoms with Gasteiger partial charge in [-0.3, -0.25) is 0 Å². The van der Waals surface area contributed by atoms with Gasteiger partial charge in [-0.25, -0.2) is 0 Å². The van der Waals surface area contributed by atoms with Crippen LogP contribution in [0.25, 0.3) is 0 Å². The minimum absolute atomic E-state index is 0.638. The highest BCUT2D eigenvalue weighted by Gasteiger charge is 2.06. The standard InChI is InChI=1S/C12H25/c1-10(2)8-6-7-9-12(5)11(3)4/h10-12H,1,6-9H2,2-5H3. The van der Waals surface area contributed by atoms with Crippen LogP contribution in [0.2, 0.25) is 0 Å². The van der Waals surface area contributed by atoms with Crippen LogP contribution in [-0.4, -0.2) is 0 Å². The molecular formula is C12H25. The van der Waals surface area contributed by atoms with Crippen molar-refractivity contribution in [1.82, 2.24) is 0 Å². The quantitative estimate of drug-likeness (QED) is 0.520. The lowest BCUT2D eigenvalue weighted by Gasteiger charge is -2.15. The van der Waals surface area contributed by atoms with E-state index >= 15 is 0 Å². The number of unbranched alkanes of at least 4 members (excludes halogenated alkanes) is 1. The Balaban J connectivity index is 3.20. The van der Waals surface area contributed by atoms with Crippen molar-refractivity contribution >= 4 is 0 Å². The van der Waals surface area contributed by atoms with Gasteiger partial charge in [-0.1, -0.05) is 60.3 Å². The molecule has 73 valence electrons. The summed E-state index contributed by atoms with van der Waals surface area (Å²) in [7, 11) is 0. The van der Waals surface area contributed by atoms with Crippen molar-refractivity contribution in [3.05, 3.63) is 6.92 Å². The Morgan fingerprint density at radius 3 is 1.83 bits per heavy atom. The molecule has 0 nitrogen and oxygen atoms in total. The smallest absolute Gasteiger partial charge is 0.0420 e. The first-order valence-electron chi connectivity index (χ1n) is 5.37. The van der Waals surface area contributed by atoms with E-state index in [1.807, 2.05) is 0 Å². The van der Waals surface area contributed by atoms with Gasteiger partial charge in [-0.15, -0.1) is 0 Å². The molecule has 0 saturated carbocycles. The molecule has 0 bridgehead atoms. The molecule has 0 heteroatoms. The fourth-order valence-electron chi connectivity index (χ4n) is 1.29. The maximum Gasteiger partial charge on any atom is -0.0420 e. The second-order valence-electron chi connectivity index (χ2n) is 4.61. The largest absolute Gasteiger partial charge is 0.0625 e. The van der Waals surface area contributed by atoms with Crippen molar-refractivity contribution in [2.24, 2.45) is 17.8 Å². The molecule has 0 heterocycles. The fraction of sp³-hybridized carbons (Fsp3) is 0.917. The molecule has 0 aromatic heterocycles. The van der Waals surface area contributed by atoms with E-state index in [2.05, 4.69) is 34.6 Å². The maximum absolute atomic E-state index is 3.99. The van der Waals surface area contributed by atoms with E-state index in [-0.39, 0.29) is 0 Å². The summed E-state index contributed by atoms with van der Waals surface area (Å²) in [6.07, 6.45) is 5.44. The van der Waals surface area contributed by atoms with Crippen molar-refractivity contribution in [2.45, 2.75) is 53.4 Å². The van der Waals surface area contributed by atoms with E-state index in [1.54, 1.807) is 0 Å². The van der Waals surface area contributed by atoms with Gasteiger partial charge in [-0.2, -0.15) is 0 Å². The second-order valence-corrected chi connectivity index (χ2v) is 4.61. The van der Waals surface area contributed by atoms with Crippen molar-refractivity contribution in [3.63, 3.8) is 0 Å². The number of rotatable bonds is 6. The lowest BCUT2D eigenvalue weighted by molar-refractivity contribution is 0.372. The van der Waals surface area contributed by atoms with Crippen LogP contribution < -0.4 is 0 Å². The molecule has 2 unspecified atom stereocenters. The summed E-state index contributed by atoms with van der Waals surface area (Å²) < 4.78 is 0. The molecular weight excluding hydrogens is 144 g/mol. The van der Waals surface area contributed by atoms with Gasteiger partial charge < -0.3 is 0 Å². The van der Waals surface area contributed by atoms with Crippen LogP contribution in [0, 0.1) is 24.7 Å². The van der Waals surface area contributed by atoms with Crippen molar-refractivity contribution < 1.29 is 0 Å². The van der Waals surface area contributed by atoms with E-state index in [0.717, 1.165) is 11.8 Å². The normalized spacial score (nSPS) is 14.2. The Morgan fingerprint density at radius 2 is 1.42 bits per heavy atom. The van der Waals surface area contributed by atoms with Crippen molar-refractivity contribution in [3.8, 4) is 0 Å². The average molecular weight is 169 g/mol. The third kappa shape index (κ3) is 6.69. The van der Waals surface area contributed by atoms with E-state index in [0.29, 0.717) is 5.92 Å². The molecule has 0 fully saturated rings. The first kappa shape index (κ1) is 12.0. The number of hydrogen-bond donors (Lipinski definition) is 0. The minimum Gasteiger partial charge on any atom is -0.0625 e. The first-order valence-corrected chi connectivity index (χ1v) is 5.37. The third-order valence-electron chi connectivity index (χ3n) is 2.74. The van der Waals surface area contributed by atoms with Crippen LogP contribution in [-0.2, 0) is 0 Å². The average Bonchev–Trinajstić information content (AvgIpc) is 1.97. The molecule has 0 aliphatic heterocycles. The van der Waals surface area contributed by atoms with Gasteiger partial charge in [0.25, 0.3) is 0 Å². The molecule has 0 aromatic carbocycles. The number of hydrogen-bond acceptors (Lipinski definition) is 0. The Kier molecular flexibility index (Phi) is 6.51. The maximum atomic E-state index is 3.99. The Morgan fingerprint density at radius 1 is 0.917 bits per heavy atom. The molecule has 1 radical (unpaired) electrons. The first-order chi connectivity index (χ1) is 5.54. The van der Waals surface area contributed by atoms with Crippen LogP contribution in [0.3, 0.4) is 0 Å². The van der Waals surface area contributed by atoms with Crippen LogP contribution in [0.5, 0.6) is 0 Å². The third-order valence-corrected chi connectivity index (χ3v) is 2.74. The zero-order valence-corrected chi connectivity index (χ0v) is 9.27. The molecule has 12 heavy (non-hydrogen) atoms.